The van der Waals surface area contributed by atoms with Crippen LogP contribution in [0.25, 0.3) is 0 Å². The van der Waals surface area contributed by atoms with E-state index in [1.165, 1.54) is 6.33 Å². The van der Waals surface area contributed by atoms with Crippen LogP contribution in [-0.4, -0.2) is 21.1 Å². The van der Waals surface area contributed by atoms with Crippen molar-refractivity contribution in [2.24, 2.45) is 5.41 Å². The van der Waals surface area contributed by atoms with Gasteiger partial charge in [-0.15, -0.1) is 0 Å². The number of aldehydes is 1. The second-order valence-corrected chi connectivity index (χ2v) is 3.82. The molecular formula is C8H13N3O. The molecule has 4 nitrogen and oxygen atoms in total. The fourth-order valence-corrected chi connectivity index (χ4v) is 1.02. The average molecular weight is 167 g/mol. The van der Waals surface area contributed by atoms with Gasteiger partial charge in [-0.3, -0.25) is 0 Å². The van der Waals surface area contributed by atoms with E-state index >= 15 is 0 Å². The summed E-state index contributed by atoms with van der Waals surface area (Å²) in [6.45, 7) is 5.98. The molecule has 0 bridgehead atoms. The minimum absolute atomic E-state index is 0.116. The van der Waals surface area contributed by atoms with Crippen LogP contribution in [0.3, 0.4) is 0 Å². The molecule has 0 fully saturated rings. The summed E-state index contributed by atoms with van der Waals surface area (Å²) in [6.07, 6.45) is 3.89. The molecule has 12 heavy (non-hydrogen) atoms. The molecule has 0 spiro atoms. The number of carbonyl (C=O) groups excluding carboxylic acids is 1. The van der Waals surface area contributed by atoms with Crippen LogP contribution >= 0.6 is 0 Å². The predicted molar refractivity (Wildman–Crippen MR) is 44.6 cm³/mol. The number of hydrogen-bond donors (Lipinski definition) is 0. The first-order valence-corrected chi connectivity index (χ1v) is 3.85. The number of hydrogen-bond acceptors (Lipinski definition) is 3. The predicted octanol–water partition coefficient (Wildman–Crippen LogP) is 1.06. The van der Waals surface area contributed by atoms with E-state index in [4.69, 9.17) is 0 Å². The minimum atomic E-state index is -0.236. The summed E-state index contributed by atoms with van der Waals surface area (Å²) in [6, 6.07) is -0.236. The molecule has 1 unspecified atom stereocenters. The van der Waals surface area contributed by atoms with Crippen LogP contribution in [0.5, 0.6) is 0 Å². The van der Waals surface area contributed by atoms with Gasteiger partial charge in [0.25, 0.3) is 0 Å². The van der Waals surface area contributed by atoms with Crippen molar-refractivity contribution in [3.63, 3.8) is 0 Å². The summed E-state index contributed by atoms with van der Waals surface area (Å²) in [5, 5.41) is 3.93. The van der Waals surface area contributed by atoms with Crippen molar-refractivity contribution in [3.05, 3.63) is 12.7 Å². The molecular weight excluding hydrogens is 154 g/mol. The van der Waals surface area contributed by atoms with Crippen molar-refractivity contribution in [3.8, 4) is 0 Å². The van der Waals surface area contributed by atoms with Gasteiger partial charge in [0.2, 0.25) is 0 Å². The Labute approximate surface area is 71.6 Å². The van der Waals surface area contributed by atoms with E-state index in [9.17, 15) is 4.79 Å². The number of aromatic nitrogens is 3. The Morgan fingerprint density at radius 2 is 2.17 bits per heavy atom. The highest BCUT2D eigenvalue weighted by Crippen LogP contribution is 2.27. The van der Waals surface area contributed by atoms with E-state index in [0.717, 1.165) is 6.29 Å². The van der Waals surface area contributed by atoms with Gasteiger partial charge in [0.05, 0.1) is 0 Å². The molecule has 1 rings (SSSR count). The lowest BCUT2D eigenvalue weighted by Gasteiger charge is -2.25. The summed E-state index contributed by atoms with van der Waals surface area (Å²) in [7, 11) is 0. The highest BCUT2D eigenvalue weighted by atomic mass is 16.1. The van der Waals surface area contributed by atoms with Gasteiger partial charge in [-0.05, 0) is 5.41 Å². The fourth-order valence-electron chi connectivity index (χ4n) is 1.02. The van der Waals surface area contributed by atoms with E-state index in [0.29, 0.717) is 0 Å². The van der Waals surface area contributed by atoms with E-state index in [-0.39, 0.29) is 11.5 Å². The maximum atomic E-state index is 10.8. The zero-order chi connectivity index (χ0) is 9.19. The van der Waals surface area contributed by atoms with Crippen molar-refractivity contribution in [1.82, 2.24) is 14.8 Å². The lowest BCUT2D eigenvalue weighted by Crippen LogP contribution is -2.25. The zero-order valence-corrected chi connectivity index (χ0v) is 7.56. The van der Waals surface area contributed by atoms with Crippen molar-refractivity contribution < 1.29 is 4.79 Å². The summed E-state index contributed by atoms with van der Waals surface area (Å²) in [5.74, 6) is 0. The van der Waals surface area contributed by atoms with Gasteiger partial charge in [0.15, 0.2) is 0 Å². The van der Waals surface area contributed by atoms with Crippen LogP contribution in [0.1, 0.15) is 26.8 Å². The second-order valence-electron chi connectivity index (χ2n) is 3.82. The molecule has 0 aromatic carbocycles. The maximum Gasteiger partial charge on any atom is 0.145 e. The molecule has 1 aromatic rings. The molecule has 4 heteroatoms. The highest BCUT2D eigenvalue weighted by Gasteiger charge is 2.26. The smallest absolute Gasteiger partial charge is 0.145 e. The van der Waals surface area contributed by atoms with Gasteiger partial charge >= 0.3 is 0 Å². The van der Waals surface area contributed by atoms with Gasteiger partial charge < -0.3 is 4.79 Å². The first kappa shape index (κ1) is 8.90. The Morgan fingerprint density at radius 1 is 1.50 bits per heavy atom. The lowest BCUT2D eigenvalue weighted by molar-refractivity contribution is -0.113. The molecule has 1 heterocycles. The molecule has 66 valence electrons. The first-order chi connectivity index (χ1) is 5.55. The molecule has 0 saturated heterocycles. The van der Waals surface area contributed by atoms with Crippen LogP contribution in [0.4, 0.5) is 0 Å². The normalized spacial score (nSPS) is 14.2. The summed E-state index contributed by atoms with van der Waals surface area (Å²) >= 11 is 0. The standard InChI is InChI=1S/C8H13N3O/c1-8(2,3)7(4-12)11-6-9-5-10-11/h4-7H,1-3H3. The lowest BCUT2D eigenvalue weighted by atomic mass is 9.88. The van der Waals surface area contributed by atoms with Crippen LogP contribution in [0, 0.1) is 5.41 Å². The Morgan fingerprint density at radius 3 is 2.50 bits per heavy atom. The van der Waals surface area contributed by atoms with Crippen LogP contribution in [0.15, 0.2) is 12.7 Å². The van der Waals surface area contributed by atoms with Gasteiger partial charge in [-0.25, -0.2) is 9.67 Å². The summed E-state index contributed by atoms with van der Waals surface area (Å²) < 4.78 is 1.58. The Balaban J connectivity index is 2.91. The Bertz CT molecular complexity index is 248. The van der Waals surface area contributed by atoms with Crippen LogP contribution < -0.4 is 0 Å². The van der Waals surface area contributed by atoms with E-state index in [1.807, 2.05) is 20.8 Å². The minimum Gasteiger partial charge on any atom is -0.301 e. The molecule has 0 aliphatic heterocycles. The quantitative estimate of drug-likeness (QED) is 0.619. The molecule has 1 aromatic heterocycles. The Kier molecular flexibility index (Phi) is 2.26. The third-order valence-electron chi connectivity index (χ3n) is 1.74. The SMILES string of the molecule is CC(C)(C)C(C=O)n1cncn1. The van der Waals surface area contributed by atoms with E-state index < -0.39 is 0 Å². The van der Waals surface area contributed by atoms with Gasteiger partial charge in [0.1, 0.15) is 25.0 Å². The second kappa shape index (κ2) is 3.05. The topological polar surface area (TPSA) is 47.8 Å². The average Bonchev–Trinajstić information content (AvgIpc) is 2.38. The van der Waals surface area contributed by atoms with Gasteiger partial charge in [0, 0.05) is 0 Å². The molecule has 0 N–H and O–H groups in total. The summed E-state index contributed by atoms with van der Waals surface area (Å²) in [4.78, 5) is 14.6. The summed E-state index contributed by atoms with van der Waals surface area (Å²) in [5.41, 5.74) is -0.116. The third kappa shape index (κ3) is 1.69. The number of nitrogens with zero attached hydrogens (tertiary/aromatic N) is 3. The zero-order valence-electron chi connectivity index (χ0n) is 7.56. The van der Waals surface area contributed by atoms with Crippen LogP contribution in [-0.2, 0) is 4.79 Å². The molecule has 0 amide bonds. The highest BCUT2D eigenvalue weighted by molar-refractivity contribution is 5.56. The van der Waals surface area contributed by atoms with Crippen LogP contribution in [0.2, 0.25) is 0 Å². The molecule has 0 saturated carbocycles. The van der Waals surface area contributed by atoms with Gasteiger partial charge in [-0.1, -0.05) is 20.8 Å². The molecule has 0 aliphatic carbocycles. The van der Waals surface area contributed by atoms with E-state index in [2.05, 4.69) is 10.1 Å². The first-order valence-electron chi connectivity index (χ1n) is 3.85. The van der Waals surface area contributed by atoms with Crippen molar-refractivity contribution in [2.75, 3.05) is 0 Å². The Hall–Kier alpha value is -1.19. The number of rotatable bonds is 2. The monoisotopic (exact) mass is 167 g/mol. The van der Waals surface area contributed by atoms with Crippen molar-refractivity contribution in [1.29, 1.82) is 0 Å². The maximum absolute atomic E-state index is 10.8. The van der Waals surface area contributed by atoms with Gasteiger partial charge in [-0.2, -0.15) is 5.10 Å². The molecule has 0 radical (unpaired) electrons. The molecule has 1 atom stereocenters. The largest absolute Gasteiger partial charge is 0.301 e. The van der Waals surface area contributed by atoms with Crippen molar-refractivity contribution >= 4 is 6.29 Å². The fraction of sp³-hybridized carbons (Fsp3) is 0.625. The molecule has 0 aliphatic rings. The van der Waals surface area contributed by atoms with Crippen molar-refractivity contribution in [2.45, 2.75) is 26.8 Å². The number of carbonyl (C=O) groups is 1. The van der Waals surface area contributed by atoms with E-state index in [1.54, 1.807) is 11.0 Å². The third-order valence-corrected chi connectivity index (χ3v) is 1.74.